The summed E-state index contributed by atoms with van der Waals surface area (Å²) in [6.45, 7) is 0. The molecule has 1 heterocycles. The van der Waals surface area contributed by atoms with Crippen molar-refractivity contribution in [3.05, 3.63) is 62.1 Å². The van der Waals surface area contributed by atoms with E-state index in [4.69, 9.17) is 11.6 Å². The zero-order chi connectivity index (χ0) is 10.8. The van der Waals surface area contributed by atoms with Crippen LogP contribution in [0.1, 0.15) is 0 Å². The second-order valence-electron chi connectivity index (χ2n) is 2.94. The molecule has 76 valence electrons. The van der Waals surface area contributed by atoms with Crippen molar-refractivity contribution in [2.24, 2.45) is 0 Å². The highest BCUT2D eigenvalue weighted by Gasteiger charge is 2.03. The molecule has 0 aliphatic carbocycles. The molecule has 0 aliphatic heterocycles. The number of aromatic nitrogens is 2. The largest absolute Gasteiger partial charge is 0.317 e. The predicted octanol–water partition coefficient (Wildman–Crippen LogP) is 1.18. The van der Waals surface area contributed by atoms with Gasteiger partial charge in [0.2, 0.25) is 5.43 Å². The smallest absolute Gasteiger partial charge is 0.284 e. The molecule has 0 saturated heterocycles. The number of aromatic amines is 1. The molecular weight excluding hydrogens is 216 g/mol. The summed E-state index contributed by atoms with van der Waals surface area (Å²) in [6.07, 6.45) is 0. The summed E-state index contributed by atoms with van der Waals surface area (Å²) >= 11 is 5.66. The Kier molecular flexibility index (Phi) is 2.43. The Balaban J connectivity index is 2.74. The third-order valence-corrected chi connectivity index (χ3v) is 2.10. The number of nitrogens with zero attached hydrogens (tertiary/aromatic N) is 1. The van der Waals surface area contributed by atoms with Crippen LogP contribution in [0.4, 0.5) is 0 Å². The molecule has 0 bridgehead atoms. The third-order valence-electron chi connectivity index (χ3n) is 1.90. The van der Waals surface area contributed by atoms with Crippen molar-refractivity contribution in [1.29, 1.82) is 0 Å². The number of para-hydroxylation sites is 1. The fourth-order valence-corrected chi connectivity index (χ4v) is 1.42. The molecule has 1 N–H and O–H groups in total. The average molecular weight is 223 g/mol. The SMILES string of the molecule is O=c1cc(Cl)[nH]n(-c2ccccc2)c1=O. The van der Waals surface area contributed by atoms with Gasteiger partial charge in [-0.2, -0.15) is 0 Å². The van der Waals surface area contributed by atoms with Gasteiger partial charge >= 0.3 is 5.56 Å². The lowest BCUT2D eigenvalue weighted by molar-refractivity contribution is 0.798. The summed E-state index contributed by atoms with van der Waals surface area (Å²) in [5.41, 5.74) is -0.713. The van der Waals surface area contributed by atoms with Crippen LogP contribution in [0.25, 0.3) is 5.69 Å². The fraction of sp³-hybridized carbons (Fsp3) is 0. The Hall–Kier alpha value is -1.81. The van der Waals surface area contributed by atoms with Gasteiger partial charge in [0, 0.05) is 6.07 Å². The molecule has 0 saturated carbocycles. The van der Waals surface area contributed by atoms with E-state index in [1.54, 1.807) is 24.3 Å². The van der Waals surface area contributed by atoms with E-state index in [-0.39, 0.29) is 5.15 Å². The summed E-state index contributed by atoms with van der Waals surface area (Å²) < 4.78 is 1.12. The molecule has 15 heavy (non-hydrogen) atoms. The first-order valence-corrected chi connectivity index (χ1v) is 4.63. The summed E-state index contributed by atoms with van der Waals surface area (Å²) in [4.78, 5) is 22.7. The Bertz CT molecular complexity index is 586. The first-order chi connectivity index (χ1) is 7.18. The highest BCUT2D eigenvalue weighted by molar-refractivity contribution is 6.29. The van der Waals surface area contributed by atoms with Crippen LogP contribution in [0.15, 0.2) is 46.0 Å². The van der Waals surface area contributed by atoms with Crippen LogP contribution >= 0.6 is 11.6 Å². The van der Waals surface area contributed by atoms with Crippen molar-refractivity contribution in [3.63, 3.8) is 0 Å². The van der Waals surface area contributed by atoms with Gasteiger partial charge in [0.05, 0.1) is 5.69 Å². The van der Waals surface area contributed by atoms with Crippen molar-refractivity contribution in [3.8, 4) is 5.69 Å². The monoisotopic (exact) mass is 222 g/mol. The maximum Gasteiger partial charge on any atom is 0.317 e. The van der Waals surface area contributed by atoms with E-state index in [1.807, 2.05) is 6.07 Å². The maximum atomic E-state index is 11.5. The molecule has 0 spiro atoms. The fourth-order valence-electron chi connectivity index (χ4n) is 1.24. The zero-order valence-electron chi connectivity index (χ0n) is 7.61. The summed E-state index contributed by atoms with van der Waals surface area (Å²) in [7, 11) is 0. The zero-order valence-corrected chi connectivity index (χ0v) is 8.36. The average Bonchev–Trinajstić information content (AvgIpc) is 2.24. The molecule has 0 radical (unpaired) electrons. The Morgan fingerprint density at radius 1 is 1.13 bits per heavy atom. The highest BCUT2D eigenvalue weighted by Crippen LogP contribution is 2.03. The van der Waals surface area contributed by atoms with E-state index < -0.39 is 11.0 Å². The number of rotatable bonds is 1. The van der Waals surface area contributed by atoms with Gasteiger partial charge in [-0.3, -0.25) is 14.7 Å². The van der Waals surface area contributed by atoms with E-state index in [9.17, 15) is 9.59 Å². The lowest BCUT2D eigenvalue weighted by atomic mass is 10.3. The molecule has 1 aromatic carbocycles. The molecule has 2 rings (SSSR count). The van der Waals surface area contributed by atoms with Gasteiger partial charge in [0.25, 0.3) is 0 Å². The van der Waals surface area contributed by atoms with Gasteiger partial charge in [0.1, 0.15) is 5.15 Å². The van der Waals surface area contributed by atoms with Crippen LogP contribution in [-0.2, 0) is 0 Å². The van der Waals surface area contributed by atoms with Crippen molar-refractivity contribution >= 4 is 11.6 Å². The van der Waals surface area contributed by atoms with Crippen LogP contribution in [0.2, 0.25) is 5.15 Å². The van der Waals surface area contributed by atoms with Crippen molar-refractivity contribution in [2.45, 2.75) is 0 Å². The number of H-pyrrole nitrogens is 1. The topological polar surface area (TPSA) is 54.9 Å². The lowest BCUT2D eigenvalue weighted by Crippen LogP contribution is -2.34. The molecule has 0 amide bonds. The molecule has 0 atom stereocenters. The Morgan fingerprint density at radius 3 is 2.47 bits per heavy atom. The van der Waals surface area contributed by atoms with Crippen molar-refractivity contribution < 1.29 is 0 Å². The van der Waals surface area contributed by atoms with Crippen molar-refractivity contribution in [2.75, 3.05) is 0 Å². The minimum absolute atomic E-state index is 0.128. The number of nitrogens with one attached hydrogen (secondary N) is 1. The van der Waals surface area contributed by atoms with E-state index >= 15 is 0 Å². The van der Waals surface area contributed by atoms with Crippen LogP contribution in [0, 0.1) is 0 Å². The molecule has 0 fully saturated rings. The van der Waals surface area contributed by atoms with E-state index in [0.717, 1.165) is 10.7 Å². The van der Waals surface area contributed by atoms with Gasteiger partial charge in [-0.05, 0) is 12.1 Å². The van der Waals surface area contributed by atoms with Gasteiger partial charge < -0.3 is 0 Å². The number of halogens is 1. The highest BCUT2D eigenvalue weighted by atomic mass is 35.5. The molecule has 5 heteroatoms. The van der Waals surface area contributed by atoms with Gasteiger partial charge in [0.15, 0.2) is 0 Å². The molecule has 0 unspecified atom stereocenters. The number of benzene rings is 1. The number of hydrogen-bond donors (Lipinski definition) is 1. The standard InChI is InChI=1S/C10H7ClN2O2/c11-9-6-8(14)10(15)13(12-9)7-4-2-1-3-5-7/h1-6,12H. The van der Waals surface area contributed by atoms with Crippen LogP contribution in [0.5, 0.6) is 0 Å². The first-order valence-electron chi connectivity index (χ1n) is 4.26. The summed E-state index contributed by atoms with van der Waals surface area (Å²) in [5, 5.41) is 2.73. The van der Waals surface area contributed by atoms with Gasteiger partial charge in [-0.25, -0.2) is 4.68 Å². The molecule has 4 nitrogen and oxygen atoms in total. The quantitative estimate of drug-likeness (QED) is 0.737. The van der Waals surface area contributed by atoms with E-state index in [0.29, 0.717) is 5.69 Å². The first kappa shape index (κ1) is 9.73. The van der Waals surface area contributed by atoms with Crippen LogP contribution < -0.4 is 11.0 Å². The Morgan fingerprint density at radius 2 is 1.80 bits per heavy atom. The van der Waals surface area contributed by atoms with E-state index in [1.165, 1.54) is 0 Å². The third kappa shape index (κ3) is 1.85. The van der Waals surface area contributed by atoms with Crippen LogP contribution in [0.3, 0.4) is 0 Å². The summed E-state index contributed by atoms with van der Waals surface area (Å²) in [5.74, 6) is 0. The lowest BCUT2D eigenvalue weighted by Gasteiger charge is -2.04. The van der Waals surface area contributed by atoms with Crippen molar-refractivity contribution in [1.82, 2.24) is 9.78 Å². The molecular formula is C10H7ClN2O2. The van der Waals surface area contributed by atoms with Gasteiger partial charge in [-0.1, -0.05) is 29.8 Å². The minimum Gasteiger partial charge on any atom is -0.284 e. The van der Waals surface area contributed by atoms with E-state index in [2.05, 4.69) is 5.10 Å². The minimum atomic E-state index is -0.648. The molecule has 2 aromatic rings. The van der Waals surface area contributed by atoms with Gasteiger partial charge in [-0.15, -0.1) is 0 Å². The molecule has 1 aromatic heterocycles. The second-order valence-corrected chi connectivity index (χ2v) is 3.35. The predicted molar refractivity (Wildman–Crippen MR) is 57.7 cm³/mol. The normalized spacial score (nSPS) is 10.2. The maximum absolute atomic E-state index is 11.5. The second kappa shape index (κ2) is 3.74. The molecule has 0 aliphatic rings. The number of hydrogen-bond acceptors (Lipinski definition) is 2. The Labute approximate surface area is 89.7 Å². The summed E-state index contributed by atoms with van der Waals surface area (Å²) in [6, 6.07) is 9.81. The van der Waals surface area contributed by atoms with Crippen LogP contribution in [-0.4, -0.2) is 9.78 Å².